The van der Waals surface area contributed by atoms with Crippen molar-refractivity contribution in [3.63, 3.8) is 0 Å². The highest BCUT2D eigenvalue weighted by atomic mass is 19.1. The van der Waals surface area contributed by atoms with Crippen LogP contribution in [-0.4, -0.2) is 0 Å². The summed E-state index contributed by atoms with van der Waals surface area (Å²) >= 11 is 0. The van der Waals surface area contributed by atoms with Crippen molar-refractivity contribution >= 4 is 6.08 Å². The van der Waals surface area contributed by atoms with Crippen molar-refractivity contribution in [2.45, 2.75) is 13.3 Å². The molecular weight excluding hydrogens is 139 g/mol. The Morgan fingerprint density at radius 3 is 2.82 bits per heavy atom. The second-order valence-corrected chi connectivity index (χ2v) is 2.40. The summed E-state index contributed by atoms with van der Waals surface area (Å²) in [7, 11) is 0. The zero-order valence-corrected chi connectivity index (χ0v) is 6.60. The zero-order chi connectivity index (χ0) is 8.27. The fraction of sp³-hybridized carbons (Fsp3) is 0.200. The minimum Gasteiger partial charge on any atom is -0.207 e. The standard InChI is InChI=1S/C10H11F/c1-3-8-5-6-10(11)7-9(8)4-2/h3,5-7H,1,4H2,2H3. The molecule has 0 spiro atoms. The molecule has 11 heavy (non-hydrogen) atoms. The van der Waals surface area contributed by atoms with E-state index in [4.69, 9.17) is 0 Å². The summed E-state index contributed by atoms with van der Waals surface area (Å²) < 4.78 is 12.6. The van der Waals surface area contributed by atoms with Gasteiger partial charge < -0.3 is 0 Å². The van der Waals surface area contributed by atoms with Crippen LogP contribution in [0.5, 0.6) is 0 Å². The Balaban J connectivity index is 3.16. The third-order valence-electron chi connectivity index (χ3n) is 1.71. The fourth-order valence-electron chi connectivity index (χ4n) is 1.08. The number of hydrogen-bond acceptors (Lipinski definition) is 0. The molecule has 1 aromatic rings. The summed E-state index contributed by atoms with van der Waals surface area (Å²) in [5.41, 5.74) is 2.04. The lowest BCUT2D eigenvalue weighted by Crippen LogP contribution is -1.87. The predicted molar refractivity (Wildman–Crippen MR) is 45.9 cm³/mol. The normalized spacial score (nSPS) is 9.64. The summed E-state index contributed by atoms with van der Waals surface area (Å²) in [5.74, 6) is -0.174. The van der Waals surface area contributed by atoms with Gasteiger partial charge in [-0.1, -0.05) is 25.6 Å². The molecule has 58 valence electrons. The average molecular weight is 150 g/mol. The van der Waals surface area contributed by atoms with Gasteiger partial charge in [0.2, 0.25) is 0 Å². The van der Waals surface area contributed by atoms with Gasteiger partial charge in [-0.05, 0) is 29.7 Å². The van der Waals surface area contributed by atoms with Gasteiger partial charge in [0.1, 0.15) is 5.82 Å². The van der Waals surface area contributed by atoms with Crippen LogP contribution in [0.25, 0.3) is 6.08 Å². The molecule has 0 radical (unpaired) electrons. The number of aryl methyl sites for hydroxylation is 1. The van der Waals surface area contributed by atoms with E-state index in [1.807, 2.05) is 6.92 Å². The highest BCUT2D eigenvalue weighted by Crippen LogP contribution is 2.12. The number of hydrogen-bond donors (Lipinski definition) is 0. The lowest BCUT2D eigenvalue weighted by molar-refractivity contribution is 0.625. The smallest absolute Gasteiger partial charge is 0.123 e. The molecule has 0 heterocycles. The van der Waals surface area contributed by atoms with Crippen LogP contribution in [0.3, 0.4) is 0 Å². The number of benzene rings is 1. The highest BCUT2D eigenvalue weighted by Gasteiger charge is 1.97. The van der Waals surface area contributed by atoms with Gasteiger partial charge in [-0.15, -0.1) is 0 Å². The fourth-order valence-corrected chi connectivity index (χ4v) is 1.08. The molecule has 0 bridgehead atoms. The molecule has 0 aliphatic heterocycles. The van der Waals surface area contributed by atoms with Crippen LogP contribution >= 0.6 is 0 Å². The van der Waals surface area contributed by atoms with Crippen molar-refractivity contribution in [1.82, 2.24) is 0 Å². The Hall–Kier alpha value is -1.11. The van der Waals surface area contributed by atoms with E-state index in [1.54, 1.807) is 18.2 Å². The van der Waals surface area contributed by atoms with Gasteiger partial charge in [-0.2, -0.15) is 0 Å². The van der Waals surface area contributed by atoms with Crippen LogP contribution in [0.1, 0.15) is 18.1 Å². The maximum Gasteiger partial charge on any atom is 0.123 e. The number of halogens is 1. The van der Waals surface area contributed by atoms with Crippen molar-refractivity contribution in [2.24, 2.45) is 0 Å². The minimum atomic E-state index is -0.174. The van der Waals surface area contributed by atoms with Gasteiger partial charge in [0.25, 0.3) is 0 Å². The van der Waals surface area contributed by atoms with Crippen molar-refractivity contribution < 1.29 is 4.39 Å². The van der Waals surface area contributed by atoms with E-state index < -0.39 is 0 Å². The molecule has 0 nitrogen and oxygen atoms in total. The van der Waals surface area contributed by atoms with Crippen LogP contribution in [-0.2, 0) is 6.42 Å². The average Bonchev–Trinajstić information content (AvgIpc) is 2.04. The van der Waals surface area contributed by atoms with Crippen LogP contribution in [0.4, 0.5) is 4.39 Å². The SMILES string of the molecule is C=Cc1ccc(F)cc1CC. The Morgan fingerprint density at radius 1 is 1.55 bits per heavy atom. The third-order valence-corrected chi connectivity index (χ3v) is 1.71. The van der Waals surface area contributed by atoms with Crippen LogP contribution in [0.2, 0.25) is 0 Å². The summed E-state index contributed by atoms with van der Waals surface area (Å²) in [6.45, 7) is 5.65. The monoisotopic (exact) mass is 150 g/mol. The molecule has 0 saturated carbocycles. The van der Waals surface area contributed by atoms with Gasteiger partial charge >= 0.3 is 0 Å². The molecule has 0 atom stereocenters. The van der Waals surface area contributed by atoms with E-state index in [9.17, 15) is 4.39 Å². The van der Waals surface area contributed by atoms with Crippen molar-refractivity contribution in [2.75, 3.05) is 0 Å². The van der Waals surface area contributed by atoms with E-state index in [2.05, 4.69) is 6.58 Å². The van der Waals surface area contributed by atoms with Crippen LogP contribution < -0.4 is 0 Å². The molecule has 1 rings (SSSR count). The van der Waals surface area contributed by atoms with Gasteiger partial charge in [0, 0.05) is 0 Å². The molecule has 0 saturated heterocycles. The lowest BCUT2D eigenvalue weighted by Gasteiger charge is -2.01. The van der Waals surface area contributed by atoms with Gasteiger partial charge in [0.05, 0.1) is 0 Å². The molecule has 0 amide bonds. The minimum absolute atomic E-state index is 0.174. The Labute approximate surface area is 66.4 Å². The van der Waals surface area contributed by atoms with Gasteiger partial charge in [-0.25, -0.2) is 4.39 Å². The zero-order valence-electron chi connectivity index (χ0n) is 6.60. The predicted octanol–water partition coefficient (Wildman–Crippen LogP) is 3.03. The molecular formula is C10H11F. The van der Waals surface area contributed by atoms with Gasteiger partial charge in [0.15, 0.2) is 0 Å². The van der Waals surface area contributed by atoms with E-state index in [0.29, 0.717) is 0 Å². The maximum atomic E-state index is 12.6. The second kappa shape index (κ2) is 3.33. The first-order valence-electron chi connectivity index (χ1n) is 3.68. The molecule has 1 aromatic carbocycles. The molecule has 0 aliphatic rings. The van der Waals surface area contributed by atoms with Crippen LogP contribution in [0.15, 0.2) is 24.8 Å². The molecule has 0 aliphatic carbocycles. The van der Waals surface area contributed by atoms with Crippen molar-refractivity contribution in [1.29, 1.82) is 0 Å². The van der Waals surface area contributed by atoms with E-state index in [0.717, 1.165) is 17.5 Å². The Morgan fingerprint density at radius 2 is 2.27 bits per heavy atom. The molecule has 0 aromatic heterocycles. The molecule has 1 heteroatoms. The lowest BCUT2D eigenvalue weighted by atomic mass is 10.1. The third kappa shape index (κ3) is 1.67. The molecule has 0 unspecified atom stereocenters. The summed E-state index contributed by atoms with van der Waals surface area (Å²) in [5, 5.41) is 0. The first-order chi connectivity index (χ1) is 5.27. The van der Waals surface area contributed by atoms with E-state index in [-0.39, 0.29) is 5.82 Å². The Kier molecular flexibility index (Phi) is 2.42. The topological polar surface area (TPSA) is 0 Å². The Bertz CT molecular complexity index is 264. The van der Waals surface area contributed by atoms with Gasteiger partial charge in [-0.3, -0.25) is 0 Å². The maximum absolute atomic E-state index is 12.6. The number of rotatable bonds is 2. The second-order valence-electron chi connectivity index (χ2n) is 2.40. The van der Waals surface area contributed by atoms with Crippen LogP contribution in [0, 0.1) is 5.82 Å². The summed E-state index contributed by atoms with van der Waals surface area (Å²) in [6, 6.07) is 4.76. The highest BCUT2D eigenvalue weighted by molar-refractivity contribution is 5.51. The quantitative estimate of drug-likeness (QED) is 0.607. The summed E-state index contributed by atoms with van der Waals surface area (Å²) in [6.07, 6.45) is 2.59. The molecule has 0 N–H and O–H groups in total. The van der Waals surface area contributed by atoms with E-state index >= 15 is 0 Å². The molecule has 0 fully saturated rings. The van der Waals surface area contributed by atoms with Crippen molar-refractivity contribution in [3.05, 3.63) is 41.7 Å². The largest absolute Gasteiger partial charge is 0.207 e. The first-order valence-corrected chi connectivity index (χ1v) is 3.68. The van der Waals surface area contributed by atoms with E-state index in [1.165, 1.54) is 6.07 Å². The first kappa shape index (κ1) is 7.99. The van der Waals surface area contributed by atoms with Crippen molar-refractivity contribution in [3.8, 4) is 0 Å². The summed E-state index contributed by atoms with van der Waals surface area (Å²) in [4.78, 5) is 0.